The van der Waals surface area contributed by atoms with Gasteiger partial charge >= 0.3 is 0 Å². The van der Waals surface area contributed by atoms with E-state index in [1.807, 2.05) is 39.0 Å². The topological polar surface area (TPSA) is 71.1 Å². The predicted octanol–water partition coefficient (Wildman–Crippen LogP) is 6.85. The van der Waals surface area contributed by atoms with Gasteiger partial charge in [0, 0.05) is 35.4 Å². The Bertz CT molecular complexity index is 1220. The van der Waals surface area contributed by atoms with E-state index in [1.165, 1.54) is 18.2 Å². The van der Waals surface area contributed by atoms with E-state index in [1.54, 1.807) is 13.1 Å². The fourth-order valence-corrected chi connectivity index (χ4v) is 5.40. The van der Waals surface area contributed by atoms with Crippen LogP contribution in [0.15, 0.2) is 60.8 Å². The van der Waals surface area contributed by atoms with Crippen molar-refractivity contribution in [2.45, 2.75) is 84.2 Å². The number of aromatic nitrogens is 1. The van der Waals surface area contributed by atoms with E-state index in [0.717, 1.165) is 31.0 Å². The van der Waals surface area contributed by atoms with Crippen LogP contribution in [0.5, 0.6) is 0 Å². The zero-order valence-electron chi connectivity index (χ0n) is 23.7. The van der Waals surface area contributed by atoms with Crippen LogP contribution in [0.25, 0.3) is 5.57 Å². The fourth-order valence-electron chi connectivity index (χ4n) is 5.40. The van der Waals surface area contributed by atoms with Gasteiger partial charge in [0.15, 0.2) is 0 Å². The number of allylic oxidation sites excluding steroid dienone is 1. The van der Waals surface area contributed by atoms with Gasteiger partial charge in [-0.3, -0.25) is 14.6 Å². The second-order valence-corrected chi connectivity index (χ2v) is 11.6. The van der Waals surface area contributed by atoms with Gasteiger partial charge in [0.05, 0.1) is 11.2 Å². The van der Waals surface area contributed by atoms with E-state index in [2.05, 4.69) is 29.1 Å². The van der Waals surface area contributed by atoms with Gasteiger partial charge in [-0.05, 0) is 101 Å². The minimum atomic E-state index is -0.772. The van der Waals surface area contributed by atoms with Gasteiger partial charge in [0.25, 0.3) is 5.91 Å². The van der Waals surface area contributed by atoms with E-state index in [4.69, 9.17) is 0 Å². The number of carbonyl (C=O) groups excluding carboxylic acids is 2. The molecule has 2 N–H and O–H groups in total. The lowest BCUT2D eigenvalue weighted by molar-refractivity contribution is -0.125. The minimum Gasteiger partial charge on any atom is -0.346 e. The fraction of sp³-hybridized carbons (Fsp3) is 0.469. The van der Waals surface area contributed by atoms with E-state index in [0.29, 0.717) is 30.3 Å². The Morgan fingerprint density at radius 2 is 1.87 bits per heavy atom. The SMILES string of the molecule is C=C(/C=C(\C)c1ccc(F)cc1F)C(=O)NC(CC)(CCC1CC(C)C1)CC(=O)NC(C)(C)c1ccccn1. The highest BCUT2D eigenvalue weighted by atomic mass is 19.1. The van der Waals surface area contributed by atoms with Crippen molar-refractivity contribution in [3.8, 4) is 0 Å². The molecule has 1 aromatic carbocycles. The molecule has 39 heavy (non-hydrogen) atoms. The van der Waals surface area contributed by atoms with E-state index < -0.39 is 28.6 Å². The van der Waals surface area contributed by atoms with Crippen molar-refractivity contribution in [1.29, 1.82) is 0 Å². The number of pyridine rings is 1. The Morgan fingerprint density at radius 3 is 2.46 bits per heavy atom. The molecule has 1 fully saturated rings. The molecule has 210 valence electrons. The zero-order valence-corrected chi connectivity index (χ0v) is 23.7. The summed E-state index contributed by atoms with van der Waals surface area (Å²) in [6.07, 6.45) is 7.73. The number of carbonyl (C=O) groups is 2. The molecule has 1 aromatic heterocycles. The first-order chi connectivity index (χ1) is 18.3. The van der Waals surface area contributed by atoms with Gasteiger partial charge in [-0.1, -0.05) is 26.5 Å². The van der Waals surface area contributed by atoms with Gasteiger partial charge in [-0.25, -0.2) is 8.78 Å². The van der Waals surface area contributed by atoms with Gasteiger partial charge in [0.2, 0.25) is 5.91 Å². The van der Waals surface area contributed by atoms with Gasteiger partial charge in [0.1, 0.15) is 11.6 Å². The van der Waals surface area contributed by atoms with Crippen LogP contribution in [0.3, 0.4) is 0 Å². The van der Waals surface area contributed by atoms with Crippen LogP contribution in [0.1, 0.15) is 84.4 Å². The third-order valence-electron chi connectivity index (χ3n) is 7.85. The first-order valence-electron chi connectivity index (χ1n) is 13.7. The highest BCUT2D eigenvalue weighted by Gasteiger charge is 2.37. The summed E-state index contributed by atoms with van der Waals surface area (Å²) < 4.78 is 27.6. The lowest BCUT2D eigenvalue weighted by Gasteiger charge is -2.39. The molecular weight excluding hydrogens is 496 g/mol. The quantitative estimate of drug-likeness (QED) is 0.230. The molecule has 0 radical (unpaired) electrons. The summed E-state index contributed by atoms with van der Waals surface area (Å²) >= 11 is 0. The summed E-state index contributed by atoms with van der Waals surface area (Å²) in [7, 11) is 0. The van der Waals surface area contributed by atoms with Crippen molar-refractivity contribution < 1.29 is 18.4 Å². The molecule has 1 aliphatic carbocycles. The third kappa shape index (κ3) is 8.07. The summed E-state index contributed by atoms with van der Waals surface area (Å²) in [6.45, 7) is 13.6. The summed E-state index contributed by atoms with van der Waals surface area (Å²) in [5.74, 6) is -0.677. The second-order valence-electron chi connectivity index (χ2n) is 11.6. The number of rotatable bonds is 12. The molecule has 5 nitrogen and oxygen atoms in total. The summed E-state index contributed by atoms with van der Waals surface area (Å²) in [6, 6.07) is 8.90. The normalized spacial score (nSPS) is 19.0. The number of hydrogen-bond donors (Lipinski definition) is 2. The summed E-state index contributed by atoms with van der Waals surface area (Å²) in [5, 5.41) is 6.21. The molecule has 1 heterocycles. The average molecular weight is 538 g/mol. The lowest BCUT2D eigenvalue weighted by atomic mass is 9.71. The van der Waals surface area contributed by atoms with Crippen LogP contribution in [0.4, 0.5) is 8.78 Å². The number of benzene rings is 1. The van der Waals surface area contributed by atoms with E-state index in [-0.39, 0.29) is 23.5 Å². The number of halogens is 2. The highest BCUT2D eigenvalue weighted by Crippen LogP contribution is 2.38. The largest absolute Gasteiger partial charge is 0.346 e. The first-order valence-corrected chi connectivity index (χ1v) is 13.7. The van der Waals surface area contributed by atoms with Crippen molar-refractivity contribution >= 4 is 17.4 Å². The number of amides is 2. The average Bonchev–Trinajstić information content (AvgIpc) is 2.85. The number of nitrogens with zero attached hydrogens (tertiary/aromatic N) is 1. The van der Waals surface area contributed by atoms with Crippen molar-refractivity contribution in [2.24, 2.45) is 11.8 Å². The molecule has 0 saturated heterocycles. The molecule has 3 rings (SSSR count). The van der Waals surface area contributed by atoms with Crippen LogP contribution in [-0.4, -0.2) is 22.3 Å². The van der Waals surface area contributed by atoms with Gasteiger partial charge < -0.3 is 10.6 Å². The van der Waals surface area contributed by atoms with Crippen LogP contribution < -0.4 is 10.6 Å². The van der Waals surface area contributed by atoms with Gasteiger partial charge in [-0.15, -0.1) is 0 Å². The summed E-state index contributed by atoms with van der Waals surface area (Å²) in [5.41, 5.74) is 0.0748. The molecular formula is C32H41F2N3O2. The zero-order chi connectivity index (χ0) is 28.8. The predicted molar refractivity (Wildman–Crippen MR) is 151 cm³/mol. The summed E-state index contributed by atoms with van der Waals surface area (Å²) in [4.78, 5) is 31.1. The molecule has 2 aromatic rings. The van der Waals surface area contributed by atoms with E-state index in [9.17, 15) is 18.4 Å². The van der Waals surface area contributed by atoms with Crippen molar-refractivity contribution in [2.75, 3.05) is 0 Å². The van der Waals surface area contributed by atoms with Crippen LogP contribution in [0, 0.1) is 23.5 Å². The van der Waals surface area contributed by atoms with Crippen molar-refractivity contribution in [3.05, 3.63) is 83.7 Å². The molecule has 2 amide bonds. The Hall–Kier alpha value is -3.35. The first kappa shape index (κ1) is 30.2. The Labute approximate surface area is 231 Å². The highest BCUT2D eigenvalue weighted by molar-refractivity contribution is 5.98. The number of nitrogens with one attached hydrogen (secondary N) is 2. The Kier molecular flexibility index (Phi) is 9.81. The van der Waals surface area contributed by atoms with Gasteiger partial charge in [-0.2, -0.15) is 0 Å². The maximum atomic E-state index is 14.3. The monoisotopic (exact) mass is 537 g/mol. The van der Waals surface area contributed by atoms with Crippen LogP contribution >= 0.6 is 0 Å². The standard InChI is InChI=1S/C32H41F2N3O2/c1-7-32(14-13-24-16-21(2)17-24,20-29(38)36-31(5,6)28-10-8-9-15-35-28)37-30(39)23(4)18-22(3)26-12-11-25(33)19-27(26)34/h8-12,15,18-19,21,24H,4,7,13-14,16-17,20H2,1-3,5-6H3,(H,36,38)(H,37,39)/b22-18+. The molecule has 1 atom stereocenters. The molecule has 0 aliphatic heterocycles. The second kappa shape index (κ2) is 12.7. The smallest absolute Gasteiger partial charge is 0.251 e. The maximum absolute atomic E-state index is 14.3. The van der Waals surface area contributed by atoms with Crippen molar-refractivity contribution in [3.63, 3.8) is 0 Å². The minimum absolute atomic E-state index is 0.107. The molecule has 0 spiro atoms. The Morgan fingerprint density at radius 1 is 1.15 bits per heavy atom. The van der Waals surface area contributed by atoms with Crippen LogP contribution in [-0.2, 0) is 15.1 Å². The molecule has 0 bridgehead atoms. The molecule has 1 saturated carbocycles. The third-order valence-corrected chi connectivity index (χ3v) is 7.85. The maximum Gasteiger partial charge on any atom is 0.251 e. The molecule has 7 heteroatoms. The van der Waals surface area contributed by atoms with Crippen molar-refractivity contribution in [1.82, 2.24) is 15.6 Å². The van der Waals surface area contributed by atoms with Crippen LogP contribution in [0.2, 0.25) is 0 Å². The van der Waals surface area contributed by atoms with E-state index >= 15 is 0 Å². The number of hydrogen-bond acceptors (Lipinski definition) is 3. The molecule has 1 unspecified atom stereocenters. The lowest BCUT2D eigenvalue weighted by Crippen LogP contribution is -2.53. The Balaban J connectivity index is 1.77. The molecule has 1 aliphatic rings.